The van der Waals surface area contributed by atoms with E-state index in [9.17, 15) is 13.2 Å². The zero-order chi connectivity index (χ0) is 17.3. The highest BCUT2D eigenvalue weighted by atomic mass is 19.4. The molecule has 1 fully saturated rings. The average molecular weight is 340 g/mol. The third kappa shape index (κ3) is 3.29. The van der Waals surface area contributed by atoms with Crippen LogP contribution in [0.3, 0.4) is 0 Å². The first kappa shape index (κ1) is 16.5. The van der Waals surface area contributed by atoms with Gasteiger partial charge >= 0.3 is 6.18 Å². The van der Waals surface area contributed by atoms with Crippen LogP contribution in [0.2, 0.25) is 0 Å². The number of aromatic nitrogens is 4. The number of piperidine rings is 1. The Labute approximate surface area is 137 Å². The van der Waals surface area contributed by atoms with Crippen molar-refractivity contribution in [1.82, 2.24) is 19.7 Å². The van der Waals surface area contributed by atoms with Crippen molar-refractivity contribution in [3.63, 3.8) is 0 Å². The summed E-state index contributed by atoms with van der Waals surface area (Å²) in [5, 5.41) is 3.69. The SMILES string of the molecule is CN(C)c1nccnc1N1CCC(n2ccc(C(F)(F)F)n2)CC1. The molecule has 0 amide bonds. The van der Waals surface area contributed by atoms with E-state index in [0.717, 1.165) is 17.7 Å². The lowest BCUT2D eigenvalue weighted by Gasteiger charge is -2.34. The zero-order valence-corrected chi connectivity index (χ0v) is 13.5. The second-order valence-electron chi connectivity index (χ2n) is 5.99. The van der Waals surface area contributed by atoms with Crippen molar-refractivity contribution in [1.29, 1.82) is 0 Å². The average Bonchev–Trinajstić information content (AvgIpc) is 3.05. The summed E-state index contributed by atoms with van der Waals surface area (Å²) in [7, 11) is 3.81. The van der Waals surface area contributed by atoms with Crippen molar-refractivity contribution in [2.75, 3.05) is 37.0 Å². The van der Waals surface area contributed by atoms with Crippen molar-refractivity contribution in [2.45, 2.75) is 25.1 Å². The van der Waals surface area contributed by atoms with Gasteiger partial charge in [-0.2, -0.15) is 18.3 Å². The Hall–Kier alpha value is -2.32. The number of alkyl halides is 3. The van der Waals surface area contributed by atoms with E-state index in [0.29, 0.717) is 25.9 Å². The standard InChI is InChI=1S/C15H19F3N6/c1-22(2)13-14(20-7-6-19-13)23-8-3-11(4-9-23)24-10-5-12(21-24)15(16,17)18/h5-7,10-11H,3-4,8-9H2,1-2H3. The fraction of sp³-hybridized carbons (Fsp3) is 0.533. The molecule has 1 aliphatic heterocycles. The van der Waals surface area contributed by atoms with E-state index in [1.165, 1.54) is 10.9 Å². The molecule has 2 aromatic heterocycles. The van der Waals surface area contributed by atoms with Gasteiger partial charge in [0, 0.05) is 45.8 Å². The highest BCUT2D eigenvalue weighted by Crippen LogP contribution is 2.31. The molecule has 0 saturated carbocycles. The van der Waals surface area contributed by atoms with Crippen LogP contribution >= 0.6 is 0 Å². The molecular weight excluding hydrogens is 321 g/mol. The topological polar surface area (TPSA) is 50.1 Å². The summed E-state index contributed by atoms with van der Waals surface area (Å²) in [6, 6.07) is 0.996. The highest BCUT2D eigenvalue weighted by Gasteiger charge is 2.34. The number of rotatable bonds is 3. The minimum Gasteiger partial charge on any atom is -0.360 e. The van der Waals surface area contributed by atoms with Gasteiger partial charge in [-0.15, -0.1) is 0 Å². The van der Waals surface area contributed by atoms with Crippen LogP contribution in [-0.2, 0) is 6.18 Å². The molecule has 0 atom stereocenters. The number of anilines is 2. The summed E-state index contributed by atoms with van der Waals surface area (Å²) in [5.74, 6) is 1.59. The van der Waals surface area contributed by atoms with Crippen LogP contribution in [0.5, 0.6) is 0 Å². The second-order valence-corrected chi connectivity index (χ2v) is 5.99. The molecule has 0 bridgehead atoms. The highest BCUT2D eigenvalue weighted by molar-refractivity contribution is 5.61. The van der Waals surface area contributed by atoms with Gasteiger partial charge in [-0.05, 0) is 18.9 Å². The summed E-state index contributed by atoms with van der Waals surface area (Å²) < 4.78 is 39.4. The fourth-order valence-corrected chi connectivity index (χ4v) is 2.90. The molecule has 3 heterocycles. The van der Waals surface area contributed by atoms with Gasteiger partial charge in [-0.25, -0.2) is 9.97 Å². The lowest BCUT2D eigenvalue weighted by atomic mass is 10.1. The van der Waals surface area contributed by atoms with Crippen LogP contribution in [0, 0.1) is 0 Å². The Bertz CT molecular complexity index is 689. The molecule has 0 aliphatic carbocycles. The Kier molecular flexibility index (Phi) is 4.33. The molecule has 2 aromatic rings. The lowest BCUT2D eigenvalue weighted by molar-refractivity contribution is -0.141. The second kappa shape index (κ2) is 6.29. The molecule has 1 saturated heterocycles. The Morgan fingerprint density at radius 3 is 2.38 bits per heavy atom. The normalized spacial score (nSPS) is 16.5. The van der Waals surface area contributed by atoms with Crippen LogP contribution < -0.4 is 9.80 Å². The van der Waals surface area contributed by atoms with Crippen molar-refractivity contribution in [3.05, 3.63) is 30.4 Å². The van der Waals surface area contributed by atoms with Crippen molar-refractivity contribution < 1.29 is 13.2 Å². The molecule has 0 unspecified atom stereocenters. The molecule has 6 nitrogen and oxygen atoms in total. The maximum atomic E-state index is 12.7. The van der Waals surface area contributed by atoms with E-state index in [4.69, 9.17) is 0 Å². The van der Waals surface area contributed by atoms with Gasteiger partial charge in [0.05, 0.1) is 6.04 Å². The van der Waals surface area contributed by atoms with Crippen molar-refractivity contribution >= 4 is 11.6 Å². The molecule has 0 N–H and O–H groups in total. The minimum atomic E-state index is -4.40. The summed E-state index contributed by atoms with van der Waals surface area (Å²) >= 11 is 0. The quantitative estimate of drug-likeness (QED) is 0.860. The van der Waals surface area contributed by atoms with Crippen LogP contribution in [0.25, 0.3) is 0 Å². The van der Waals surface area contributed by atoms with E-state index < -0.39 is 11.9 Å². The van der Waals surface area contributed by atoms with E-state index in [-0.39, 0.29) is 6.04 Å². The molecule has 1 aliphatic rings. The number of hydrogen-bond donors (Lipinski definition) is 0. The zero-order valence-electron chi connectivity index (χ0n) is 13.5. The smallest absolute Gasteiger partial charge is 0.360 e. The van der Waals surface area contributed by atoms with Gasteiger partial charge in [0.15, 0.2) is 17.3 Å². The summed E-state index contributed by atoms with van der Waals surface area (Å²) in [5.41, 5.74) is -0.839. The van der Waals surface area contributed by atoms with E-state index in [1.54, 1.807) is 12.4 Å². The Morgan fingerprint density at radius 1 is 1.12 bits per heavy atom. The molecule has 9 heteroatoms. The molecule has 0 radical (unpaired) electrons. The van der Waals surface area contributed by atoms with Crippen LogP contribution in [0.4, 0.5) is 24.8 Å². The number of halogens is 3. The molecule has 3 rings (SSSR count). The van der Waals surface area contributed by atoms with E-state index in [1.807, 2.05) is 19.0 Å². The van der Waals surface area contributed by atoms with Gasteiger partial charge in [0.2, 0.25) is 0 Å². The van der Waals surface area contributed by atoms with Gasteiger partial charge < -0.3 is 9.80 Å². The van der Waals surface area contributed by atoms with Crippen LogP contribution in [0.1, 0.15) is 24.6 Å². The molecule has 24 heavy (non-hydrogen) atoms. The predicted octanol–water partition coefficient (Wildman–Crippen LogP) is 2.60. The fourth-order valence-electron chi connectivity index (χ4n) is 2.90. The van der Waals surface area contributed by atoms with E-state index >= 15 is 0 Å². The first-order valence-electron chi connectivity index (χ1n) is 7.72. The molecule has 130 valence electrons. The van der Waals surface area contributed by atoms with Crippen LogP contribution in [-0.4, -0.2) is 46.9 Å². The summed E-state index contributed by atoms with van der Waals surface area (Å²) in [6.45, 7) is 1.40. The summed E-state index contributed by atoms with van der Waals surface area (Å²) in [4.78, 5) is 12.8. The monoisotopic (exact) mass is 340 g/mol. The van der Waals surface area contributed by atoms with Gasteiger partial charge in [-0.1, -0.05) is 0 Å². The van der Waals surface area contributed by atoms with Crippen molar-refractivity contribution in [3.8, 4) is 0 Å². The number of nitrogens with zero attached hydrogens (tertiary/aromatic N) is 6. The minimum absolute atomic E-state index is 0.0307. The van der Waals surface area contributed by atoms with Gasteiger partial charge in [0.1, 0.15) is 0 Å². The first-order valence-corrected chi connectivity index (χ1v) is 7.72. The van der Waals surface area contributed by atoms with Crippen LogP contribution in [0.15, 0.2) is 24.7 Å². The third-order valence-corrected chi connectivity index (χ3v) is 4.12. The Balaban J connectivity index is 1.69. The third-order valence-electron chi connectivity index (χ3n) is 4.12. The summed E-state index contributed by atoms with van der Waals surface area (Å²) in [6.07, 6.45) is 1.74. The maximum absolute atomic E-state index is 12.7. The first-order chi connectivity index (χ1) is 11.4. The molecule has 0 spiro atoms. The maximum Gasteiger partial charge on any atom is 0.435 e. The largest absolute Gasteiger partial charge is 0.435 e. The lowest BCUT2D eigenvalue weighted by Crippen LogP contribution is -2.36. The predicted molar refractivity (Wildman–Crippen MR) is 84.1 cm³/mol. The van der Waals surface area contributed by atoms with E-state index in [2.05, 4.69) is 20.0 Å². The molecule has 0 aromatic carbocycles. The Morgan fingerprint density at radius 2 is 1.79 bits per heavy atom. The van der Waals surface area contributed by atoms with Crippen molar-refractivity contribution in [2.24, 2.45) is 0 Å². The number of hydrogen-bond acceptors (Lipinski definition) is 5. The van der Waals surface area contributed by atoms with Gasteiger partial charge in [0.25, 0.3) is 0 Å². The van der Waals surface area contributed by atoms with Gasteiger partial charge in [-0.3, -0.25) is 4.68 Å². The molecular formula is C15H19F3N6.